The van der Waals surface area contributed by atoms with E-state index in [0.717, 1.165) is 45.5 Å². The predicted octanol–water partition coefficient (Wildman–Crippen LogP) is 2.99. The number of aromatic nitrogens is 2. The number of piperidine rings is 1. The Balaban J connectivity index is 1.47. The van der Waals surface area contributed by atoms with E-state index in [0.29, 0.717) is 18.6 Å². The number of likely N-dealkylation sites (tertiary alicyclic amines) is 1. The first-order valence-electron chi connectivity index (χ1n) is 8.60. The van der Waals surface area contributed by atoms with Crippen molar-refractivity contribution in [2.45, 2.75) is 31.9 Å². The van der Waals surface area contributed by atoms with Gasteiger partial charge in [0.1, 0.15) is 5.01 Å². The third-order valence-corrected chi connectivity index (χ3v) is 5.82. The second-order valence-electron chi connectivity index (χ2n) is 6.71. The molecule has 0 aliphatic carbocycles. The highest BCUT2D eigenvalue weighted by atomic mass is 32.1. The van der Waals surface area contributed by atoms with E-state index in [1.165, 1.54) is 5.01 Å². The number of hydrogen-bond acceptors (Lipinski definition) is 6. The quantitative estimate of drug-likeness (QED) is 0.834. The number of hydrogen-bond donors (Lipinski definition) is 0. The fraction of sp³-hybridized carbons (Fsp3) is 0.556. The topological polar surface area (TPSA) is 47.5 Å². The lowest BCUT2D eigenvalue weighted by Gasteiger charge is -2.50. The Morgan fingerprint density at radius 3 is 3.17 bits per heavy atom. The Bertz CT molecular complexity index is 637. The Hall–Kier alpha value is -1.50. The molecular formula is C18H23N3O2S. The second kappa shape index (κ2) is 7.17. The molecule has 2 saturated heterocycles. The Morgan fingerprint density at radius 2 is 2.33 bits per heavy atom. The lowest BCUT2D eigenvalue weighted by Crippen LogP contribution is -2.57. The standard InChI is InChI=1S/C18H23N3O2S/c1-2-7-19-16(4-1)23-14-18-6-3-10-22-15(18)5-9-21(13-18)12-17-20-8-11-24-17/h1-2,4,7-8,11,15H,3,5-6,9-10,12-14H2/t15-,18+/m0/s1. The third kappa shape index (κ3) is 3.45. The molecule has 0 saturated carbocycles. The summed E-state index contributed by atoms with van der Waals surface area (Å²) in [5.74, 6) is 0.702. The maximum Gasteiger partial charge on any atom is 0.213 e. The van der Waals surface area contributed by atoms with Crippen LogP contribution in [0.25, 0.3) is 0 Å². The van der Waals surface area contributed by atoms with Crippen molar-refractivity contribution < 1.29 is 9.47 Å². The van der Waals surface area contributed by atoms with E-state index in [1.54, 1.807) is 17.5 Å². The van der Waals surface area contributed by atoms with E-state index in [2.05, 4.69) is 14.9 Å². The van der Waals surface area contributed by atoms with Gasteiger partial charge in [0.15, 0.2) is 0 Å². The SMILES string of the molecule is c1ccc(OC[C@]23CCCO[C@H]2CCN(Cc2nccs2)C3)nc1. The summed E-state index contributed by atoms with van der Waals surface area (Å²) in [4.78, 5) is 11.2. The Kier molecular flexibility index (Phi) is 4.78. The smallest absolute Gasteiger partial charge is 0.213 e. The van der Waals surface area contributed by atoms with Gasteiger partial charge in [0, 0.05) is 49.0 Å². The zero-order chi connectivity index (χ0) is 16.2. The number of ether oxygens (including phenoxy) is 2. The van der Waals surface area contributed by atoms with Crippen molar-refractivity contribution in [1.29, 1.82) is 0 Å². The monoisotopic (exact) mass is 345 g/mol. The van der Waals surface area contributed by atoms with Gasteiger partial charge < -0.3 is 9.47 Å². The van der Waals surface area contributed by atoms with Gasteiger partial charge in [0.2, 0.25) is 5.88 Å². The van der Waals surface area contributed by atoms with Gasteiger partial charge in [-0.15, -0.1) is 11.3 Å². The summed E-state index contributed by atoms with van der Waals surface area (Å²) in [6.07, 6.45) is 7.28. The highest BCUT2D eigenvalue weighted by molar-refractivity contribution is 7.09. The minimum Gasteiger partial charge on any atom is -0.477 e. The highest BCUT2D eigenvalue weighted by Crippen LogP contribution is 2.41. The number of rotatable bonds is 5. The minimum absolute atomic E-state index is 0.0608. The molecule has 24 heavy (non-hydrogen) atoms. The van der Waals surface area contributed by atoms with Gasteiger partial charge in [-0.3, -0.25) is 4.90 Å². The first kappa shape index (κ1) is 16.0. The predicted molar refractivity (Wildman–Crippen MR) is 93.1 cm³/mol. The highest BCUT2D eigenvalue weighted by Gasteiger charge is 2.46. The molecule has 0 radical (unpaired) electrons. The Morgan fingerprint density at radius 1 is 1.33 bits per heavy atom. The van der Waals surface area contributed by atoms with Crippen molar-refractivity contribution in [3.8, 4) is 5.88 Å². The zero-order valence-electron chi connectivity index (χ0n) is 13.8. The van der Waals surface area contributed by atoms with Crippen LogP contribution in [0.4, 0.5) is 0 Å². The van der Waals surface area contributed by atoms with Crippen molar-refractivity contribution in [3.63, 3.8) is 0 Å². The van der Waals surface area contributed by atoms with E-state index in [-0.39, 0.29) is 5.41 Å². The van der Waals surface area contributed by atoms with Crippen LogP contribution in [0.1, 0.15) is 24.3 Å². The van der Waals surface area contributed by atoms with E-state index in [1.807, 2.05) is 29.8 Å². The van der Waals surface area contributed by atoms with Crippen LogP contribution in [0, 0.1) is 5.41 Å². The first-order chi connectivity index (χ1) is 11.8. The number of pyridine rings is 1. The fourth-order valence-corrected chi connectivity index (χ4v) is 4.56. The molecule has 2 aromatic rings. The van der Waals surface area contributed by atoms with Crippen molar-refractivity contribution in [2.75, 3.05) is 26.3 Å². The molecular weight excluding hydrogens is 322 g/mol. The van der Waals surface area contributed by atoms with Gasteiger partial charge >= 0.3 is 0 Å². The first-order valence-corrected chi connectivity index (χ1v) is 9.48. The number of nitrogens with zero attached hydrogens (tertiary/aromatic N) is 3. The van der Waals surface area contributed by atoms with Crippen LogP contribution in [0.3, 0.4) is 0 Å². The minimum atomic E-state index is 0.0608. The van der Waals surface area contributed by atoms with Crippen LogP contribution in [-0.4, -0.2) is 47.3 Å². The lowest BCUT2D eigenvalue weighted by atomic mass is 9.73. The summed E-state index contributed by atoms with van der Waals surface area (Å²) in [6, 6.07) is 5.80. The summed E-state index contributed by atoms with van der Waals surface area (Å²) in [5, 5.41) is 3.23. The summed E-state index contributed by atoms with van der Waals surface area (Å²) >= 11 is 1.73. The summed E-state index contributed by atoms with van der Waals surface area (Å²) in [5.41, 5.74) is 0.0608. The number of thiazole rings is 1. The molecule has 0 bridgehead atoms. The largest absolute Gasteiger partial charge is 0.477 e. The van der Waals surface area contributed by atoms with Gasteiger partial charge in [0.25, 0.3) is 0 Å². The van der Waals surface area contributed by atoms with E-state index in [4.69, 9.17) is 9.47 Å². The zero-order valence-corrected chi connectivity index (χ0v) is 14.6. The average Bonchev–Trinajstić information content (AvgIpc) is 3.14. The Labute approximate surface area is 146 Å². The fourth-order valence-electron chi connectivity index (χ4n) is 3.90. The molecule has 0 amide bonds. The van der Waals surface area contributed by atoms with Crippen molar-refractivity contribution in [3.05, 3.63) is 41.0 Å². The van der Waals surface area contributed by atoms with Gasteiger partial charge in [0.05, 0.1) is 19.3 Å². The molecule has 0 unspecified atom stereocenters. The third-order valence-electron chi connectivity index (χ3n) is 5.05. The molecule has 128 valence electrons. The van der Waals surface area contributed by atoms with Crippen LogP contribution < -0.4 is 4.74 Å². The number of fused-ring (bicyclic) bond motifs is 1. The van der Waals surface area contributed by atoms with E-state index in [9.17, 15) is 0 Å². The van der Waals surface area contributed by atoms with Crippen molar-refractivity contribution >= 4 is 11.3 Å². The molecule has 2 aliphatic rings. The van der Waals surface area contributed by atoms with Gasteiger partial charge in [-0.2, -0.15) is 0 Å². The van der Waals surface area contributed by atoms with Crippen LogP contribution in [-0.2, 0) is 11.3 Å². The molecule has 2 aliphatic heterocycles. The molecule has 2 fully saturated rings. The molecule has 4 heterocycles. The van der Waals surface area contributed by atoms with Crippen LogP contribution in [0.5, 0.6) is 5.88 Å². The molecule has 5 nitrogen and oxygen atoms in total. The van der Waals surface area contributed by atoms with E-state index >= 15 is 0 Å². The van der Waals surface area contributed by atoms with Gasteiger partial charge in [-0.1, -0.05) is 6.07 Å². The van der Waals surface area contributed by atoms with Crippen LogP contribution in [0.15, 0.2) is 36.0 Å². The summed E-state index contributed by atoms with van der Waals surface area (Å²) in [7, 11) is 0. The average molecular weight is 345 g/mol. The molecule has 0 spiro atoms. The molecule has 4 rings (SSSR count). The molecule has 0 N–H and O–H groups in total. The summed E-state index contributed by atoms with van der Waals surface area (Å²) < 4.78 is 12.2. The maximum absolute atomic E-state index is 6.12. The van der Waals surface area contributed by atoms with Gasteiger partial charge in [-0.25, -0.2) is 9.97 Å². The normalized spacial score (nSPS) is 27.6. The van der Waals surface area contributed by atoms with Crippen LogP contribution in [0.2, 0.25) is 0 Å². The molecule has 6 heteroatoms. The maximum atomic E-state index is 6.12. The van der Waals surface area contributed by atoms with E-state index < -0.39 is 0 Å². The van der Waals surface area contributed by atoms with Crippen LogP contribution >= 0.6 is 11.3 Å². The molecule has 2 atom stereocenters. The lowest BCUT2D eigenvalue weighted by molar-refractivity contribution is -0.141. The summed E-state index contributed by atoms with van der Waals surface area (Å²) in [6.45, 7) is 4.54. The second-order valence-corrected chi connectivity index (χ2v) is 7.69. The molecule has 0 aromatic carbocycles. The van der Waals surface area contributed by atoms with Crippen molar-refractivity contribution in [1.82, 2.24) is 14.9 Å². The molecule has 2 aromatic heterocycles. The van der Waals surface area contributed by atoms with Crippen molar-refractivity contribution in [2.24, 2.45) is 5.41 Å². The van der Waals surface area contributed by atoms with Gasteiger partial charge in [-0.05, 0) is 25.3 Å².